The summed E-state index contributed by atoms with van der Waals surface area (Å²) < 4.78 is 4.68. The predicted molar refractivity (Wildman–Crippen MR) is 53.9 cm³/mol. The minimum atomic E-state index is -0.0629. The van der Waals surface area contributed by atoms with Crippen LogP contribution in [0.25, 0.3) is 0 Å². The molecule has 0 radical (unpaired) electrons. The van der Waals surface area contributed by atoms with Crippen LogP contribution in [-0.4, -0.2) is 25.7 Å². The Labute approximate surface area is 85.2 Å². The maximum Gasteiger partial charge on any atom is 0.305 e. The van der Waals surface area contributed by atoms with E-state index in [1.807, 2.05) is 0 Å². The first-order valence-corrected chi connectivity index (χ1v) is 5.54. The zero-order valence-corrected chi connectivity index (χ0v) is 8.84. The van der Waals surface area contributed by atoms with Gasteiger partial charge in [0.25, 0.3) is 0 Å². The Bertz CT molecular complexity index is 206. The van der Waals surface area contributed by atoms with Gasteiger partial charge in [-0.2, -0.15) is 0 Å². The fraction of sp³-hybridized carbons (Fsp3) is 0.909. The number of fused-ring (bicyclic) bond motifs is 3. The van der Waals surface area contributed by atoms with Crippen molar-refractivity contribution in [2.24, 2.45) is 5.41 Å². The molecule has 2 saturated heterocycles. The standard InChI is InChI=1S/C11H19NO2/c1-14-10(13)4-7-11-5-2-9(3-6-11)12-8-11/h9,12H,2-8H2,1H3. The van der Waals surface area contributed by atoms with Crippen molar-refractivity contribution in [1.29, 1.82) is 0 Å². The zero-order valence-electron chi connectivity index (χ0n) is 8.84. The first kappa shape index (κ1) is 9.97. The maximum atomic E-state index is 11.1. The predicted octanol–water partition coefficient (Wildman–Crippen LogP) is 1.47. The molecule has 3 fully saturated rings. The molecule has 1 saturated carbocycles. The maximum absolute atomic E-state index is 11.1. The lowest BCUT2D eigenvalue weighted by Gasteiger charge is -2.47. The Morgan fingerprint density at radius 2 is 2.21 bits per heavy atom. The highest BCUT2D eigenvalue weighted by Crippen LogP contribution is 2.43. The Morgan fingerprint density at radius 3 is 2.71 bits per heavy atom. The summed E-state index contributed by atoms with van der Waals surface area (Å²) >= 11 is 0. The third-order valence-corrected chi connectivity index (χ3v) is 3.90. The number of hydrogen-bond acceptors (Lipinski definition) is 3. The number of ether oxygens (including phenoxy) is 1. The molecule has 2 bridgehead atoms. The minimum absolute atomic E-state index is 0.0629. The SMILES string of the molecule is COC(=O)CCC12CCC(CC1)NC2. The van der Waals surface area contributed by atoms with E-state index in [2.05, 4.69) is 10.1 Å². The van der Waals surface area contributed by atoms with E-state index in [4.69, 9.17) is 0 Å². The van der Waals surface area contributed by atoms with E-state index in [1.54, 1.807) is 0 Å². The second kappa shape index (κ2) is 3.89. The van der Waals surface area contributed by atoms with Crippen molar-refractivity contribution in [2.45, 2.75) is 44.6 Å². The monoisotopic (exact) mass is 197 g/mol. The van der Waals surface area contributed by atoms with Crippen LogP contribution in [0.5, 0.6) is 0 Å². The van der Waals surface area contributed by atoms with E-state index in [0.717, 1.165) is 19.0 Å². The summed E-state index contributed by atoms with van der Waals surface area (Å²) in [6.07, 6.45) is 6.76. The molecule has 3 rings (SSSR count). The first-order chi connectivity index (χ1) is 6.74. The fourth-order valence-corrected chi connectivity index (χ4v) is 2.78. The number of hydrogen-bond donors (Lipinski definition) is 1. The molecular formula is C11H19NO2. The summed E-state index contributed by atoms with van der Waals surface area (Å²) in [6, 6.07) is 0.759. The lowest BCUT2D eigenvalue weighted by atomic mass is 9.66. The molecule has 3 nitrogen and oxygen atoms in total. The van der Waals surface area contributed by atoms with Gasteiger partial charge in [0.15, 0.2) is 0 Å². The van der Waals surface area contributed by atoms with Gasteiger partial charge in [0.1, 0.15) is 0 Å². The van der Waals surface area contributed by atoms with Crippen molar-refractivity contribution in [3.63, 3.8) is 0 Å². The van der Waals surface area contributed by atoms with E-state index in [9.17, 15) is 4.79 Å². The molecule has 0 aromatic heterocycles. The van der Waals surface area contributed by atoms with Crippen LogP contribution in [0, 0.1) is 5.41 Å². The molecule has 3 heteroatoms. The summed E-state index contributed by atoms with van der Waals surface area (Å²) in [6.45, 7) is 1.11. The molecular weight excluding hydrogens is 178 g/mol. The molecule has 0 unspecified atom stereocenters. The van der Waals surface area contributed by atoms with Crippen molar-refractivity contribution in [1.82, 2.24) is 5.32 Å². The van der Waals surface area contributed by atoms with Gasteiger partial charge in [-0.15, -0.1) is 0 Å². The quantitative estimate of drug-likeness (QED) is 0.696. The van der Waals surface area contributed by atoms with Crippen LogP contribution in [0.4, 0.5) is 0 Å². The summed E-state index contributed by atoms with van der Waals surface area (Å²) in [4.78, 5) is 11.1. The van der Waals surface area contributed by atoms with E-state index in [-0.39, 0.29) is 5.97 Å². The molecule has 0 amide bonds. The highest BCUT2D eigenvalue weighted by Gasteiger charge is 2.39. The van der Waals surface area contributed by atoms with Crippen LogP contribution in [0.3, 0.4) is 0 Å². The van der Waals surface area contributed by atoms with Gasteiger partial charge in [0.2, 0.25) is 0 Å². The van der Waals surface area contributed by atoms with Crippen molar-refractivity contribution in [3.8, 4) is 0 Å². The summed E-state index contributed by atoms with van der Waals surface area (Å²) in [5.41, 5.74) is 0.406. The summed E-state index contributed by atoms with van der Waals surface area (Å²) in [5, 5.41) is 3.55. The van der Waals surface area contributed by atoms with Crippen molar-refractivity contribution < 1.29 is 9.53 Å². The lowest BCUT2D eigenvalue weighted by molar-refractivity contribution is -0.141. The van der Waals surface area contributed by atoms with Crippen LogP contribution in [0.1, 0.15) is 38.5 Å². The van der Waals surface area contributed by atoms with E-state index in [0.29, 0.717) is 11.8 Å². The third kappa shape index (κ3) is 1.92. The fourth-order valence-electron chi connectivity index (χ4n) is 2.78. The molecule has 1 aliphatic carbocycles. The average Bonchev–Trinajstić information content (AvgIpc) is 2.28. The van der Waals surface area contributed by atoms with Crippen molar-refractivity contribution in [3.05, 3.63) is 0 Å². The lowest BCUT2D eigenvalue weighted by Crippen LogP contribution is -2.51. The smallest absolute Gasteiger partial charge is 0.305 e. The van der Waals surface area contributed by atoms with E-state index >= 15 is 0 Å². The number of rotatable bonds is 3. The van der Waals surface area contributed by atoms with Crippen LogP contribution < -0.4 is 5.32 Å². The van der Waals surface area contributed by atoms with E-state index in [1.165, 1.54) is 32.8 Å². The van der Waals surface area contributed by atoms with Gasteiger partial charge in [-0.1, -0.05) is 0 Å². The summed E-state index contributed by atoms with van der Waals surface area (Å²) in [7, 11) is 1.47. The number of esters is 1. The van der Waals surface area contributed by atoms with Crippen LogP contribution in [0.2, 0.25) is 0 Å². The number of nitrogens with one attached hydrogen (secondary N) is 1. The van der Waals surface area contributed by atoms with Crippen LogP contribution in [-0.2, 0) is 9.53 Å². The van der Waals surface area contributed by atoms with Crippen LogP contribution in [0.15, 0.2) is 0 Å². The molecule has 0 atom stereocenters. The second-order valence-electron chi connectivity index (χ2n) is 4.73. The molecule has 2 heterocycles. The molecule has 0 aromatic rings. The second-order valence-corrected chi connectivity index (χ2v) is 4.73. The molecule has 0 spiro atoms. The van der Waals surface area contributed by atoms with Gasteiger partial charge in [-0.3, -0.25) is 4.79 Å². The molecule has 3 aliphatic rings. The molecule has 80 valence electrons. The highest BCUT2D eigenvalue weighted by molar-refractivity contribution is 5.69. The first-order valence-electron chi connectivity index (χ1n) is 5.54. The Kier molecular flexibility index (Phi) is 2.77. The van der Waals surface area contributed by atoms with Gasteiger partial charge in [-0.05, 0) is 37.5 Å². The van der Waals surface area contributed by atoms with Crippen molar-refractivity contribution >= 4 is 5.97 Å². The Hall–Kier alpha value is -0.570. The van der Waals surface area contributed by atoms with Gasteiger partial charge < -0.3 is 10.1 Å². The number of carbonyl (C=O) groups excluding carboxylic acids is 1. The van der Waals surface area contributed by atoms with Crippen molar-refractivity contribution in [2.75, 3.05) is 13.7 Å². The topological polar surface area (TPSA) is 38.3 Å². The average molecular weight is 197 g/mol. The van der Waals surface area contributed by atoms with Gasteiger partial charge in [-0.25, -0.2) is 0 Å². The normalized spacial score (nSPS) is 35.6. The molecule has 1 N–H and O–H groups in total. The highest BCUT2D eigenvalue weighted by atomic mass is 16.5. The minimum Gasteiger partial charge on any atom is -0.469 e. The molecule has 14 heavy (non-hydrogen) atoms. The van der Waals surface area contributed by atoms with Gasteiger partial charge in [0, 0.05) is 19.0 Å². The third-order valence-electron chi connectivity index (χ3n) is 3.90. The molecule has 2 aliphatic heterocycles. The number of carbonyl (C=O) groups is 1. The van der Waals surface area contributed by atoms with Gasteiger partial charge in [0.05, 0.1) is 7.11 Å². The number of methoxy groups -OCH3 is 1. The van der Waals surface area contributed by atoms with Crippen LogP contribution >= 0.6 is 0 Å². The largest absolute Gasteiger partial charge is 0.469 e. The Balaban J connectivity index is 1.86. The van der Waals surface area contributed by atoms with E-state index < -0.39 is 0 Å². The molecule has 0 aromatic carbocycles. The zero-order chi connectivity index (χ0) is 10.0. The summed E-state index contributed by atoms with van der Waals surface area (Å²) in [5.74, 6) is -0.0629. The van der Waals surface area contributed by atoms with Gasteiger partial charge >= 0.3 is 5.97 Å². The Morgan fingerprint density at radius 1 is 1.50 bits per heavy atom. The number of piperidine rings is 2.